The zero-order valence-electron chi connectivity index (χ0n) is 21.0. The number of thioether (sulfide) groups is 1. The second-order valence-electron chi connectivity index (χ2n) is 11.7. The predicted molar refractivity (Wildman–Crippen MR) is 139 cm³/mol. The van der Waals surface area contributed by atoms with E-state index in [0.29, 0.717) is 28.9 Å². The number of hydroxylamine groups is 1. The van der Waals surface area contributed by atoms with Gasteiger partial charge in [0.15, 0.2) is 17.1 Å². The summed E-state index contributed by atoms with van der Waals surface area (Å²) in [4.78, 5) is 32.3. The number of rotatable bonds is 3. The smallest absolute Gasteiger partial charge is 0.226 e. The fourth-order valence-corrected chi connectivity index (χ4v) is 9.47. The molecular weight excluding hydrogens is 539 g/mol. The van der Waals surface area contributed by atoms with Gasteiger partial charge < -0.3 is 5.11 Å². The van der Waals surface area contributed by atoms with Crippen molar-refractivity contribution in [3.05, 3.63) is 53.1 Å². The average molecular weight is 568 g/mol. The number of fused-ring (bicyclic) bond motifs is 7. The predicted octanol–water partition coefficient (Wildman–Crippen LogP) is 5.56. The van der Waals surface area contributed by atoms with Crippen molar-refractivity contribution in [2.45, 2.75) is 56.7 Å². The molecule has 0 spiro atoms. The number of carbonyl (C=O) groups is 2. The molecule has 1 saturated heterocycles. The third-order valence-corrected chi connectivity index (χ3v) is 11.1. The van der Waals surface area contributed by atoms with E-state index in [9.17, 15) is 19.1 Å². The summed E-state index contributed by atoms with van der Waals surface area (Å²) in [5, 5.41) is 13.1. The van der Waals surface area contributed by atoms with Gasteiger partial charge in [-0.15, -0.1) is 0 Å². The summed E-state index contributed by atoms with van der Waals surface area (Å²) in [6.45, 7) is 3.61. The number of aliphatic hydroxyl groups excluding tert-OH is 1. The minimum Gasteiger partial charge on any atom is -0.390 e. The molecule has 0 aromatic heterocycles. The molecule has 1 heterocycles. The Balaban J connectivity index is 1.45. The van der Waals surface area contributed by atoms with Crippen molar-refractivity contribution < 1.29 is 32.7 Å². The molecule has 1 aromatic carbocycles. The lowest BCUT2D eigenvalue weighted by Gasteiger charge is -2.63. The van der Waals surface area contributed by atoms with Gasteiger partial charge >= 0.3 is 0 Å². The molecule has 1 unspecified atom stereocenters. The maximum absolute atomic E-state index is 17.4. The first-order valence-electron chi connectivity index (χ1n) is 12.8. The van der Waals surface area contributed by atoms with E-state index in [2.05, 4.69) is 0 Å². The molecule has 204 valence electrons. The number of carbonyl (C=O) groups excluding carboxylic acids is 2. The van der Waals surface area contributed by atoms with Crippen molar-refractivity contribution in [2.75, 3.05) is 17.6 Å². The SMILES string of the molecule is C[C@]12C=CC(=O)C=C1[C@@H](F)C[C@H]1C3C[C@H]4CN(c5cccc(Cl)c5)O[C@@]4(C(=O)SCF)[C@@]3(C)C[C@H](O)[C@@]12F. The number of allylic oxidation sites excluding steroid dienone is 4. The molecule has 3 saturated carbocycles. The van der Waals surface area contributed by atoms with Crippen LogP contribution in [0, 0.1) is 28.6 Å². The minimum absolute atomic E-state index is 0.0479. The summed E-state index contributed by atoms with van der Waals surface area (Å²) < 4.78 is 46.7. The first kappa shape index (κ1) is 26.4. The van der Waals surface area contributed by atoms with E-state index < -0.39 is 69.0 Å². The van der Waals surface area contributed by atoms with E-state index in [1.54, 1.807) is 43.2 Å². The van der Waals surface area contributed by atoms with Crippen LogP contribution in [0.2, 0.25) is 5.02 Å². The zero-order chi connectivity index (χ0) is 27.3. The number of benzene rings is 1. The summed E-state index contributed by atoms with van der Waals surface area (Å²) in [5.74, 6) is -2.31. The summed E-state index contributed by atoms with van der Waals surface area (Å²) in [7, 11) is 0. The van der Waals surface area contributed by atoms with Crippen LogP contribution in [0.3, 0.4) is 0 Å². The summed E-state index contributed by atoms with van der Waals surface area (Å²) >= 11 is 6.69. The number of nitrogens with zero attached hydrogens (tertiary/aromatic N) is 1. The van der Waals surface area contributed by atoms with Crippen LogP contribution in [0.15, 0.2) is 48.1 Å². The summed E-state index contributed by atoms with van der Waals surface area (Å²) in [6.07, 6.45) is 0.623. The van der Waals surface area contributed by atoms with Gasteiger partial charge in [0.2, 0.25) is 5.12 Å². The topological polar surface area (TPSA) is 66.8 Å². The Kier molecular flexibility index (Phi) is 5.97. The van der Waals surface area contributed by atoms with Gasteiger partial charge in [0.25, 0.3) is 0 Å². The van der Waals surface area contributed by atoms with Crippen molar-refractivity contribution in [3.8, 4) is 0 Å². The molecule has 0 bridgehead atoms. The van der Waals surface area contributed by atoms with Crippen molar-refractivity contribution >= 4 is 39.9 Å². The number of alkyl halides is 3. The average Bonchev–Trinajstić information content (AvgIpc) is 3.36. The van der Waals surface area contributed by atoms with E-state index in [1.807, 2.05) is 0 Å². The highest BCUT2D eigenvalue weighted by molar-refractivity contribution is 8.13. The van der Waals surface area contributed by atoms with Crippen LogP contribution >= 0.6 is 23.4 Å². The Labute approximate surface area is 228 Å². The van der Waals surface area contributed by atoms with E-state index in [4.69, 9.17) is 16.4 Å². The number of hydrogen-bond acceptors (Lipinski definition) is 6. The number of anilines is 1. The standard InChI is InChI=1S/C28H29ClF3NO4S/c1-25-7-6-18(34)10-21(25)22(31)11-20-19-8-15-13-33(17-5-3-4-16(29)9-17)37-28(15,24(36)38-14-30)26(19,2)12-23(35)27(20,25)32/h3-7,9-10,15,19-20,22-23,35H,8,11-14H2,1-2H3/t15-,19?,20-,22-,23-,25-,26-,27-,28-/m0/s1. The quantitative estimate of drug-likeness (QED) is 0.516. The Hall–Kier alpha value is -1.81. The Bertz CT molecular complexity index is 1280. The van der Waals surface area contributed by atoms with Crippen molar-refractivity contribution in [1.29, 1.82) is 0 Å². The highest BCUT2D eigenvalue weighted by Gasteiger charge is 2.79. The highest BCUT2D eigenvalue weighted by Crippen LogP contribution is 2.73. The number of aliphatic hydroxyl groups is 1. The van der Waals surface area contributed by atoms with Crippen LogP contribution in [0.4, 0.5) is 18.9 Å². The monoisotopic (exact) mass is 567 g/mol. The lowest BCUT2D eigenvalue weighted by Crippen LogP contribution is -2.70. The van der Waals surface area contributed by atoms with Crippen LogP contribution < -0.4 is 5.06 Å². The maximum atomic E-state index is 17.4. The molecule has 0 radical (unpaired) electrons. The van der Waals surface area contributed by atoms with Crippen LogP contribution in [0.5, 0.6) is 0 Å². The largest absolute Gasteiger partial charge is 0.390 e. The molecule has 4 aliphatic carbocycles. The van der Waals surface area contributed by atoms with Crippen LogP contribution in [-0.2, 0) is 14.4 Å². The Morgan fingerprint density at radius 3 is 2.76 bits per heavy atom. The van der Waals surface area contributed by atoms with Crippen LogP contribution in [0.1, 0.15) is 33.1 Å². The third-order valence-electron chi connectivity index (χ3n) is 10.2. The van der Waals surface area contributed by atoms with Crippen molar-refractivity contribution in [2.24, 2.45) is 28.6 Å². The minimum atomic E-state index is -2.26. The number of halogens is 4. The molecule has 9 atom stereocenters. The number of hydrogen-bond donors (Lipinski definition) is 1. The summed E-state index contributed by atoms with van der Waals surface area (Å²) in [5.41, 5.74) is -5.74. The molecule has 1 N–H and O–H groups in total. The third kappa shape index (κ3) is 3.16. The van der Waals surface area contributed by atoms with Gasteiger partial charge in [0, 0.05) is 27.7 Å². The fraction of sp³-hybridized carbons (Fsp3) is 0.571. The molecular formula is C28H29ClF3NO4S. The number of ketones is 1. The molecule has 10 heteroatoms. The molecule has 6 rings (SSSR count). The second-order valence-corrected chi connectivity index (χ2v) is 13.0. The van der Waals surface area contributed by atoms with E-state index >= 15 is 8.78 Å². The molecule has 38 heavy (non-hydrogen) atoms. The van der Waals surface area contributed by atoms with Gasteiger partial charge in [-0.2, -0.15) is 0 Å². The first-order valence-corrected chi connectivity index (χ1v) is 14.2. The molecule has 5 nitrogen and oxygen atoms in total. The van der Waals surface area contributed by atoms with Gasteiger partial charge in [0.05, 0.1) is 18.3 Å². The second kappa shape index (κ2) is 8.59. The van der Waals surface area contributed by atoms with Crippen LogP contribution in [-0.4, -0.2) is 52.1 Å². The van der Waals surface area contributed by atoms with E-state index in [0.717, 1.165) is 6.08 Å². The Morgan fingerprint density at radius 1 is 1.29 bits per heavy atom. The molecule has 1 aliphatic heterocycles. The van der Waals surface area contributed by atoms with E-state index in [1.165, 1.54) is 12.2 Å². The highest BCUT2D eigenvalue weighted by atomic mass is 35.5. The lowest BCUT2D eigenvalue weighted by molar-refractivity contribution is -0.225. The summed E-state index contributed by atoms with van der Waals surface area (Å²) in [6, 6.07) is 6.00. The van der Waals surface area contributed by atoms with Crippen molar-refractivity contribution in [1.82, 2.24) is 0 Å². The maximum Gasteiger partial charge on any atom is 0.226 e. The van der Waals surface area contributed by atoms with Gasteiger partial charge in [-0.25, -0.2) is 13.2 Å². The molecule has 4 fully saturated rings. The normalized spacial score (nSPS) is 45.2. The van der Waals surface area contributed by atoms with Crippen LogP contribution in [0.25, 0.3) is 0 Å². The van der Waals surface area contributed by atoms with Crippen molar-refractivity contribution in [3.63, 3.8) is 0 Å². The fourth-order valence-electron chi connectivity index (χ4n) is 8.53. The van der Waals surface area contributed by atoms with Gasteiger partial charge in [-0.05, 0) is 68.0 Å². The molecule has 1 aromatic rings. The molecule has 5 aliphatic rings. The first-order chi connectivity index (χ1) is 17.9. The van der Waals surface area contributed by atoms with Gasteiger partial charge in [-0.1, -0.05) is 42.4 Å². The Morgan fingerprint density at radius 2 is 2.05 bits per heavy atom. The van der Waals surface area contributed by atoms with E-state index in [-0.39, 0.29) is 25.0 Å². The zero-order valence-corrected chi connectivity index (χ0v) is 22.6. The lowest BCUT2D eigenvalue weighted by atomic mass is 9.44. The van der Waals surface area contributed by atoms with Gasteiger partial charge in [-0.3, -0.25) is 19.5 Å². The molecule has 0 amide bonds. The van der Waals surface area contributed by atoms with Gasteiger partial charge in [0.1, 0.15) is 12.2 Å².